The van der Waals surface area contributed by atoms with Crippen LogP contribution in [0.4, 0.5) is 4.39 Å². The molecule has 0 aliphatic rings. The molecule has 6 heteroatoms. The average Bonchev–Trinajstić information content (AvgIpc) is 2.51. The molecular formula is C18H21FN2O3. The zero-order chi connectivity index (χ0) is 17.9. The van der Waals surface area contributed by atoms with Gasteiger partial charge >= 0.3 is 5.97 Å². The van der Waals surface area contributed by atoms with Crippen molar-refractivity contribution in [3.05, 3.63) is 41.3 Å². The number of pyridine rings is 1. The summed E-state index contributed by atoms with van der Waals surface area (Å²) in [4.78, 5) is 28.3. The van der Waals surface area contributed by atoms with Gasteiger partial charge in [0.15, 0.2) is 6.61 Å². The van der Waals surface area contributed by atoms with Gasteiger partial charge in [-0.15, -0.1) is 0 Å². The number of halogens is 1. The van der Waals surface area contributed by atoms with E-state index in [2.05, 4.69) is 10.3 Å². The van der Waals surface area contributed by atoms with Gasteiger partial charge < -0.3 is 10.1 Å². The van der Waals surface area contributed by atoms with Crippen LogP contribution in [0.1, 0.15) is 43.2 Å². The normalized spacial score (nSPS) is 11.4. The van der Waals surface area contributed by atoms with E-state index in [4.69, 9.17) is 4.74 Å². The van der Waals surface area contributed by atoms with Gasteiger partial charge in [0.05, 0.1) is 16.8 Å². The Kier molecular flexibility index (Phi) is 5.17. The van der Waals surface area contributed by atoms with Crippen LogP contribution in [0.2, 0.25) is 0 Å². The molecule has 128 valence electrons. The highest BCUT2D eigenvalue weighted by molar-refractivity contribution is 5.96. The van der Waals surface area contributed by atoms with E-state index >= 15 is 0 Å². The Morgan fingerprint density at radius 1 is 1.29 bits per heavy atom. The molecule has 5 nitrogen and oxygen atoms in total. The van der Waals surface area contributed by atoms with Gasteiger partial charge in [-0.05, 0) is 45.4 Å². The number of amides is 1. The van der Waals surface area contributed by atoms with E-state index in [-0.39, 0.29) is 29.4 Å². The van der Waals surface area contributed by atoms with Crippen molar-refractivity contribution in [3.8, 4) is 0 Å². The molecule has 0 fully saturated rings. The van der Waals surface area contributed by atoms with Gasteiger partial charge in [-0.1, -0.05) is 6.92 Å². The standard InChI is InChI=1S/C18H21FN2O3/c1-5-18(3,4)21-16(22)10-24-17(23)14-8-12-6-7-13(19)9-15(12)20-11(14)2/h6-9H,5,10H2,1-4H3,(H,21,22). The van der Waals surface area contributed by atoms with E-state index in [1.165, 1.54) is 12.1 Å². The largest absolute Gasteiger partial charge is 0.452 e. The van der Waals surface area contributed by atoms with Gasteiger partial charge in [0.25, 0.3) is 5.91 Å². The summed E-state index contributed by atoms with van der Waals surface area (Å²) in [5.74, 6) is -1.38. The Morgan fingerprint density at radius 2 is 2.00 bits per heavy atom. The van der Waals surface area contributed by atoms with Crippen molar-refractivity contribution in [2.24, 2.45) is 0 Å². The number of aromatic nitrogens is 1. The molecule has 0 aliphatic heterocycles. The molecule has 0 saturated carbocycles. The Morgan fingerprint density at radius 3 is 2.67 bits per heavy atom. The van der Waals surface area contributed by atoms with Gasteiger partial charge in [-0.2, -0.15) is 0 Å². The molecule has 0 unspecified atom stereocenters. The number of hydrogen-bond donors (Lipinski definition) is 1. The molecule has 0 aliphatic carbocycles. The molecular weight excluding hydrogens is 311 g/mol. The van der Waals surface area contributed by atoms with Crippen molar-refractivity contribution in [3.63, 3.8) is 0 Å². The number of rotatable bonds is 5. The van der Waals surface area contributed by atoms with Crippen LogP contribution < -0.4 is 5.32 Å². The number of fused-ring (bicyclic) bond motifs is 1. The summed E-state index contributed by atoms with van der Waals surface area (Å²) >= 11 is 0. The summed E-state index contributed by atoms with van der Waals surface area (Å²) in [6.45, 7) is 7.02. The minimum atomic E-state index is -0.629. The number of esters is 1. The van der Waals surface area contributed by atoms with Gasteiger partial charge in [0.1, 0.15) is 5.82 Å². The fourth-order valence-corrected chi connectivity index (χ4v) is 2.15. The van der Waals surface area contributed by atoms with Crippen molar-refractivity contribution in [2.45, 2.75) is 39.7 Å². The lowest BCUT2D eigenvalue weighted by atomic mass is 10.0. The van der Waals surface area contributed by atoms with Crippen molar-refractivity contribution in [2.75, 3.05) is 6.61 Å². The van der Waals surface area contributed by atoms with Crippen LogP contribution in [0.3, 0.4) is 0 Å². The minimum absolute atomic E-state index is 0.261. The van der Waals surface area contributed by atoms with E-state index in [1.54, 1.807) is 19.1 Å². The maximum Gasteiger partial charge on any atom is 0.340 e. The van der Waals surface area contributed by atoms with Gasteiger partial charge in [0, 0.05) is 17.0 Å². The lowest BCUT2D eigenvalue weighted by Gasteiger charge is -2.24. The highest BCUT2D eigenvalue weighted by Crippen LogP contribution is 2.18. The van der Waals surface area contributed by atoms with Crippen molar-refractivity contribution in [1.82, 2.24) is 10.3 Å². The van der Waals surface area contributed by atoms with Crippen LogP contribution in [0.15, 0.2) is 24.3 Å². The Hall–Kier alpha value is -2.50. The van der Waals surface area contributed by atoms with Crippen molar-refractivity contribution in [1.29, 1.82) is 0 Å². The number of aryl methyl sites for hydroxylation is 1. The van der Waals surface area contributed by atoms with E-state index in [9.17, 15) is 14.0 Å². The summed E-state index contributed by atoms with van der Waals surface area (Å²) in [6.07, 6.45) is 0.761. The smallest absolute Gasteiger partial charge is 0.340 e. The maximum absolute atomic E-state index is 13.2. The molecule has 1 aromatic carbocycles. The third-order valence-corrected chi connectivity index (χ3v) is 3.89. The second-order valence-electron chi connectivity index (χ2n) is 6.32. The first kappa shape index (κ1) is 17.8. The molecule has 0 radical (unpaired) electrons. The SMILES string of the molecule is CCC(C)(C)NC(=O)COC(=O)c1cc2ccc(F)cc2nc1C. The monoisotopic (exact) mass is 332 g/mol. The van der Waals surface area contributed by atoms with Crippen LogP contribution >= 0.6 is 0 Å². The Bertz CT molecular complexity index is 787. The fraction of sp³-hybridized carbons (Fsp3) is 0.389. The molecule has 2 aromatic rings. The number of benzene rings is 1. The van der Waals surface area contributed by atoms with E-state index in [1.807, 2.05) is 20.8 Å². The highest BCUT2D eigenvalue weighted by Gasteiger charge is 2.20. The van der Waals surface area contributed by atoms with Gasteiger partial charge in [-0.25, -0.2) is 9.18 Å². The summed E-state index contributed by atoms with van der Waals surface area (Å²) in [5, 5.41) is 3.42. The van der Waals surface area contributed by atoms with Gasteiger partial charge in [-0.3, -0.25) is 9.78 Å². The van der Waals surface area contributed by atoms with Gasteiger partial charge in [0.2, 0.25) is 0 Å². The minimum Gasteiger partial charge on any atom is -0.452 e. The molecule has 0 saturated heterocycles. The molecule has 24 heavy (non-hydrogen) atoms. The second-order valence-corrected chi connectivity index (χ2v) is 6.32. The molecule has 0 spiro atoms. The number of hydrogen-bond acceptors (Lipinski definition) is 4. The summed E-state index contributed by atoms with van der Waals surface area (Å²) < 4.78 is 18.3. The molecule has 1 aromatic heterocycles. The quantitative estimate of drug-likeness (QED) is 0.854. The van der Waals surface area contributed by atoms with Crippen LogP contribution in [0, 0.1) is 12.7 Å². The number of nitrogens with one attached hydrogen (secondary N) is 1. The van der Waals surface area contributed by atoms with Crippen molar-refractivity contribution >= 4 is 22.8 Å². The van der Waals surface area contributed by atoms with E-state index in [0.717, 1.165) is 6.42 Å². The molecule has 1 heterocycles. The van der Waals surface area contributed by atoms with Crippen LogP contribution in [0.25, 0.3) is 10.9 Å². The summed E-state index contributed by atoms with van der Waals surface area (Å²) in [7, 11) is 0. The topological polar surface area (TPSA) is 68.3 Å². The fourth-order valence-electron chi connectivity index (χ4n) is 2.15. The van der Waals surface area contributed by atoms with E-state index < -0.39 is 5.97 Å². The molecule has 0 atom stereocenters. The first-order chi connectivity index (χ1) is 11.2. The molecule has 2 rings (SSSR count). The third kappa shape index (κ3) is 4.28. The lowest BCUT2D eigenvalue weighted by Crippen LogP contribution is -2.44. The first-order valence-electron chi connectivity index (χ1n) is 7.77. The summed E-state index contributed by atoms with van der Waals surface area (Å²) in [5.41, 5.74) is 0.795. The molecule has 1 amide bonds. The first-order valence-corrected chi connectivity index (χ1v) is 7.77. The van der Waals surface area contributed by atoms with Crippen LogP contribution in [-0.2, 0) is 9.53 Å². The zero-order valence-corrected chi connectivity index (χ0v) is 14.3. The summed E-state index contributed by atoms with van der Waals surface area (Å²) in [6, 6.07) is 5.74. The van der Waals surface area contributed by atoms with Crippen LogP contribution in [-0.4, -0.2) is 29.0 Å². The predicted molar refractivity (Wildman–Crippen MR) is 89.2 cm³/mol. The van der Waals surface area contributed by atoms with Crippen molar-refractivity contribution < 1.29 is 18.7 Å². The zero-order valence-electron chi connectivity index (χ0n) is 14.3. The molecule has 1 N–H and O–H groups in total. The lowest BCUT2D eigenvalue weighted by molar-refractivity contribution is -0.125. The Balaban J connectivity index is 2.10. The number of carbonyl (C=O) groups is 2. The second kappa shape index (κ2) is 6.95. The average molecular weight is 332 g/mol. The van der Waals surface area contributed by atoms with Crippen LogP contribution in [0.5, 0.6) is 0 Å². The number of carbonyl (C=O) groups excluding carboxylic acids is 2. The number of ether oxygens (including phenoxy) is 1. The maximum atomic E-state index is 13.2. The highest BCUT2D eigenvalue weighted by atomic mass is 19.1. The molecule has 0 bridgehead atoms. The third-order valence-electron chi connectivity index (χ3n) is 3.89. The van der Waals surface area contributed by atoms with E-state index in [0.29, 0.717) is 16.6 Å². The number of nitrogens with zero attached hydrogens (tertiary/aromatic N) is 1. The Labute approximate surface area is 140 Å². The predicted octanol–water partition coefficient (Wildman–Crippen LogP) is 3.14.